The average Bonchev–Trinajstić information content (AvgIpc) is 2.63. The first-order valence-electron chi connectivity index (χ1n) is 7.70. The molecule has 1 aliphatic carbocycles. The normalized spacial score (nSPS) is 29.5. The zero-order valence-corrected chi connectivity index (χ0v) is 14.8. The molecule has 120 valence electrons. The maximum absolute atomic E-state index is 12.6. The first-order chi connectivity index (χ1) is 10.2. The average molecular weight is 341 g/mol. The van der Waals surface area contributed by atoms with Crippen LogP contribution in [0, 0.1) is 10.8 Å². The molecule has 1 aromatic rings. The first kappa shape index (κ1) is 15.9. The summed E-state index contributed by atoms with van der Waals surface area (Å²) in [4.78, 5) is 14.6. The molecule has 1 aliphatic heterocycles. The summed E-state index contributed by atoms with van der Waals surface area (Å²) in [5.74, 6) is 0. The van der Waals surface area contributed by atoms with E-state index in [1.54, 1.807) is 18.2 Å². The fourth-order valence-electron chi connectivity index (χ4n) is 4.47. The smallest absolute Gasteiger partial charge is 0.321 e. The molecule has 2 fully saturated rings. The number of amides is 2. The first-order valence-corrected chi connectivity index (χ1v) is 8.46. The second-order valence-electron chi connectivity index (χ2n) is 7.90. The number of hydrogen-bond acceptors (Lipinski definition) is 1. The van der Waals surface area contributed by atoms with Gasteiger partial charge in [-0.05, 0) is 48.3 Å². The van der Waals surface area contributed by atoms with Gasteiger partial charge in [0.15, 0.2) is 0 Å². The Balaban J connectivity index is 1.74. The predicted octanol–water partition coefficient (Wildman–Crippen LogP) is 5.43. The lowest BCUT2D eigenvalue weighted by Gasteiger charge is -2.39. The second kappa shape index (κ2) is 5.31. The number of anilines is 1. The molecule has 22 heavy (non-hydrogen) atoms. The molecule has 0 spiro atoms. The third-order valence-electron chi connectivity index (χ3n) is 4.85. The number of likely N-dealkylation sites (tertiary alicyclic amines) is 1. The third-order valence-corrected chi connectivity index (χ3v) is 5.59. The maximum atomic E-state index is 12.6. The number of halogens is 2. The van der Waals surface area contributed by atoms with Gasteiger partial charge in [-0.3, -0.25) is 0 Å². The molecule has 2 aliphatic rings. The minimum atomic E-state index is -0.0372. The van der Waals surface area contributed by atoms with Crippen LogP contribution in [0.4, 0.5) is 10.5 Å². The summed E-state index contributed by atoms with van der Waals surface area (Å²) in [6.07, 6.45) is 3.34. The summed E-state index contributed by atoms with van der Waals surface area (Å²) in [6.45, 7) is 7.73. The molecular formula is C17H22Cl2N2O. The lowest BCUT2D eigenvalue weighted by molar-refractivity contribution is 0.130. The molecule has 1 aromatic carbocycles. The molecule has 5 heteroatoms. The molecule has 3 nitrogen and oxygen atoms in total. The largest absolute Gasteiger partial charge is 0.322 e. The Kier molecular flexibility index (Phi) is 3.85. The van der Waals surface area contributed by atoms with Gasteiger partial charge in [0.25, 0.3) is 0 Å². The number of nitrogens with zero attached hydrogens (tertiary/aromatic N) is 1. The highest BCUT2D eigenvalue weighted by Gasteiger charge is 2.50. The number of rotatable bonds is 1. The number of carbonyl (C=O) groups is 1. The van der Waals surface area contributed by atoms with Crippen LogP contribution in [0.3, 0.4) is 0 Å². The molecule has 1 saturated carbocycles. The Morgan fingerprint density at radius 1 is 1.23 bits per heavy atom. The van der Waals surface area contributed by atoms with Crippen molar-refractivity contribution >= 4 is 34.9 Å². The third kappa shape index (κ3) is 3.07. The van der Waals surface area contributed by atoms with E-state index < -0.39 is 0 Å². The molecule has 0 aromatic heterocycles. The van der Waals surface area contributed by atoms with Gasteiger partial charge >= 0.3 is 6.03 Å². The number of carbonyl (C=O) groups excluding carboxylic acids is 1. The van der Waals surface area contributed by atoms with Gasteiger partial charge in [-0.2, -0.15) is 0 Å². The van der Waals surface area contributed by atoms with Crippen LogP contribution in [0.5, 0.6) is 0 Å². The maximum Gasteiger partial charge on any atom is 0.322 e. The van der Waals surface area contributed by atoms with Gasteiger partial charge in [0, 0.05) is 18.3 Å². The fraction of sp³-hybridized carbons (Fsp3) is 0.588. The standard InChI is InChI=1S/C17H22Cl2N2O/c1-16(2)7-12-8-17(3,9-16)10-21(12)15(22)20-11-4-5-13(18)14(19)6-11/h4-6,12H,7-10H2,1-3H3,(H,20,22)/t12-,17+/m1/s1. The molecule has 3 rings (SSSR count). The Morgan fingerprint density at radius 3 is 2.64 bits per heavy atom. The van der Waals surface area contributed by atoms with Crippen LogP contribution in [0.15, 0.2) is 18.2 Å². The molecule has 2 amide bonds. The summed E-state index contributed by atoms with van der Waals surface area (Å²) in [5, 5.41) is 3.90. The summed E-state index contributed by atoms with van der Waals surface area (Å²) in [7, 11) is 0. The van der Waals surface area contributed by atoms with E-state index in [2.05, 4.69) is 26.1 Å². The summed E-state index contributed by atoms with van der Waals surface area (Å²) in [5.41, 5.74) is 1.22. The predicted molar refractivity (Wildman–Crippen MR) is 91.7 cm³/mol. The number of fused-ring (bicyclic) bond motifs is 2. The van der Waals surface area contributed by atoms with Crippen molar-refractivity contribution in [3.8, 4) is 0 Å². The Hall–Kier alpha value is -0.930. The van der Waals surface area contributed by atoms with Crippen LogP contribution in [-0.2, 0) is 0 Å². The topological polar surface area (TPSA) is 32.3 Å². The molecule has 1 N–H and O–H groups in total. The van der Waals surface area contributed by atoms with Crippen molar-refractivity contribution < 1.29 is 4.79 Å². The minimum absolute atomic E-state index is 0.0372. The van der Waals surface area contributed by atoms with Crippen molar-refractivity contribution in [1.82, 2.24) is 4.90 Å². The van der Waals surface area contributed by atoms with E-state index in [1.807, 2.05) is 4.90 Å². The van der Waals surface area contributed by atoms with Crippen molar-refractivity contribution in [1.29, 1.82) is 0 Å². The fourth-order valence-corrected chi connectivity index (χ4v) is 4.76. The van der Waals surface area contributed by atoms with E-state index >= 15 is 0 Å². The Labute approximate surface area is 142 Å². The van der Waals surface area contributed by atoms with Crippen molar-refractivity contribution in [2.45, 2.75) is 46.1 Å². The zero-order chi connectivity index (χ0) is 16.1. The second-order valence-corrected chi connectivity index (χ2v) is 8.72. The molecule has 1 saturated heterocycles. The van der Waals surface area contributed by atoms with Crippen molar-refractivity contribution in [2.24, 2.45) is 10.8 Å². The van der Waals surface area contributed by atoms with Crippen LogP contribution < -0.4 is 5.32 Å². The number of hydrogen-bond donors (Lipinski definition) is 1. The van der Waals surface area contributed by atoms with Gasteiger partial charge in [0.2, 0.25) is 0 Å². The van der Waals surface area contributed by atoms with Crippen LogP contribution >= 0.6 is 23.2 Å². The van der Waals surface area contributed by atoms with Crippen LogP contribution in [0.25, 0.3) is 0 Å². The monoisotopic (exact) mass is 340 g/mol. The van der Waals surface area contributed by atoms with Gasteiger partial charge in [0.1, 0.15) is 0 Å². The van der Waals surface area contributed by atoms with Gasteiger partial charge in [0.05, 0.1) is 10.0 Å². The summed E-state index contributed by atoms with van der Waals surface area (Å²) in [6, 6.07) is 5.46. The molecule has 0 radical (unpaired) electrons. The van der Waals surface area contributed by atoms with E-state index in [9.17, 15) is 4.79 Å². The minimum Gasteiger partial charge on any atom is -0.321 e. The van der Waals surface area contributed by atoms with Gasteiger partial charge in [-0.15, -0.1) is 0 Å². The Morgan fingerprint density at radius 2 is 1.95 bits per heavy atom. The summed E-state index contributed by atoms with van der Waals surface area (Å²) >= 11 is 11.9. The highest BCUT2D eigenvalue weighted by molar-refractivity contribution is 6.42. The molecule has 2 bridgehead atoms. The number of benzene rings is 1. The molecular weight excluding hydrogens is 319 g/mol. The van der Waals surface area contributed by atoms with Crippen LogP contribution in [-0.4, -0.2) is 23.5 Å². The molecule has 2 atom stereocenters. The van der Waals surface area contributed by atoms with Gasteiger partial charge in [-0.25, -0.2) is 4.79 Å². The molecule has 1 heterocycles. The Bertz CT molecular complexity index is 617. The lowest BCUT2D eigenvalue weighted by atomic mass is 9.65. The zero-order valence-electron chi connectivity index (χ0n) is 13.2. The molecule has 0 unspecified atom stereocenters. The van der Waals surface area contributed by atoms with Crippen LogP contribution in [0.2, 0.25) is 10.0 Å². The quantitative estimate of drug-likeness (QED) is 0.726. The van der Waals surface area contributed by atoms with E-state index in [0.717, 1.165) is 19.4 Å². The van der Waals surface area contributed by atoms with E-state index in [0.29, 0.717) is 27.2 Å². The number of nitrogens with one attached hydrogen (secondary N) is 1. The summed E-state index contributed by atoms with van der Waals surface area (Å²) < 4.78 is 0. The number of urea groups is 1. The van der Waals surface area contributed by atoms with E-state index in [-0.39, 0.29) is 11.4 Å². The SMILES string of the molecule is CC1(C)C[C@@H]2C[C@](C)(CN2C(=O)Nc2ccc(Cl)c(Cl)c2)C1. The lowest BCUT2D eigenvalue weighted by Crippen LogP contribution is -2.40. The van der Waals surface area contributed by atoms with Crippen molar-refractivity contribution in [2.75, 3.05) is 11.9 Å². The van der Waals surface area contributed by atoms with E-state index in [1.165, 1.54) is 6.42 Å². The van der Waals surface area contributed by atoms with Crippen molar-refractivity contribution in [3.63, 3.8) is 0 Å². The highest BCUT2D eigenvalue weighted by atomic mass is 35.5. The highest BCUT2D eigenvalue weighted by Crippen LogP contribution is 2.52. The van der Waals surface area contributed by atoms with Crippen molar-refractivity contribution in [3.05, 3.63) is 28.2 Å². The van der Waals surface area contributed by atoms with Crippen LogP contribution in [0.1, 0.15) is 40.0 Å². The van der Waals surface area contributed by atoms with Gasteiger partial charge < -0.3 is 10.2 Å². The van der Waals surface area contributed by atoms with E-state index in [4.69, 9.17) is 23.2 Å². The van der Waals surface area contributed by atoms with Gasteiger partial charge in [-0.1, -0.05) is 44.0 Å².